The maximum absolute atomic E-state index is 11.8. The summed E-state index contributed by atoms with van der Waals surface area (Å²) >= 11 is 0. The molecular weight excluding hydrogens is 268 g/mol. The monoisotopic (exact) mass is 282 g/mol. The smallest absolute Gasteiger partial charge is 0.335 e. The first-order valence-corrected chi connectivity index (χ1v) is 6.25. The van der Waals surface area contributed by atoms with Crippen molar-refractivity contribution in [2.45, 2.75) is 0 Å². The number of urea groups is 1. The Morgan fingerprint density at radius 3 is 2.05 bits per heavy atom. The van der Waals surface area contributed by atoms with Gasteiger partial charge in [0.15, 0.2) is 0 Å². The standard InChI is InChI=1S/C16H14N2O3/c1-2-15(19)21-14-10-8-13(9-11-14)18-16(20)17-12-6-4-3-5-7-12/h2-11H,1H2,(H2,17,18,20). The topological polar surface area (TPSA) is 67.4 Å². The van der Waals surface area contributed by atoms with Gasteiger partial charge in [-0.25, -0.2) is 9.59 Å². The molecule has 0 aliphatic heterocycles. The molecule has 0 aromatic heterocycles. The number of carbonyl (C=O) groups is 2. The quantitative estimate of drug-likeness (QED) is 0.513. The number of benzene rings is 2. The van der Waals surface area contributed by atoms with Crippen molar-refractivity contribution in [3.8, 4) is 5.75 Å². The summed E-state index contributed by atoms with van der Waals surface area (Å²) < 4.78 is 4.93. The maximum atomic E-state index is 11.8. The Bertz CT molecular complexity index is 636. The lowest BCUT2D eigenvalue weighted by atomic mass is 10.3. The first kappa shape index (κ1) is 14.3. The van der Waals surface area contributed by atoms with E-state index in [1.165, 1.54) is 0 Å². The molecule has 2 aromatic rings. The average molecular weight is 282 g/mol. The second-order valence-corrected chi connectivity index (χ2v) is 4.09. The zero-order valence-corrected chi connectivity index (χ0v) is 11.2. The van der Waals surface area contributed by atoms with Gasteiger partial charge in [-0.2, -0.15) is 0 Å². The van der Waals surface area contributed by atoms with E-state index in [9.17, 15) is 9.59 Å². The number of rotatable bonds is 4. The van der Waals surface area contributed by atoms with Crippen LogP contribution in [0.15, 0.2) is 67.3 Å². The molecule has 0 unspecified atom stereocenters. The van der Waals surface area contributed by atoms with Crippen molar-refractivity contribution in [2.24, 2.45) is 0 Å². The molecule has 21 heavy (non-hydrogen) atoms. The fourth-order valence-corrected chi connectivity index (χ4v) is 1.58. The van der Waals surface area contributed by atoms with Crippen molar-refractivity contribution in [1.82, 2.24) is 0 Å². The number of esters is 1. The van der Waals surface area contributed by atoms with Crippen LogP contribution in [0.2, 0.25) is 0 Å². The van der Waals surface area contributed by atoms with Crippen LogP contribution in [0.4, 0.5) is 16.2 Å². The van der Waals surface area contributed by atoms with Crippen LogP contribution in [0.5, 0.6) is 5.75 Å². The van der Waals surface area contributed by atoms with E-state index in [-0.39, 0.29) is 6.03 Å². The van der Waals surface area contributed by atoms with Crippen LogP contribution in [0.25, 0.3) is 0 Å². The van der Waals surface area contributed by atoms with Crippen molar-refractivity contribution in [3.63, 3.8) is 0 Å². The molecule has 0 atom stereocenters. The predicted octanol–water partition coefficient (Wildman–Crippen LogP) is 3.42. The van der Waals surface area contributed by atoms with Gasteiger partial charge in [0.25, 0.3) is 0 Å². The minimum absolute atomic E-state index is 0.350. The minimum Gasteiger partial charge on any atom is -0.423 e. The van der Waals surface area contributed by atoms with E-state index in [1.54, 1.807) is 36.4 Å². The number of hydrogen-bond acceptors (Lipinski definition) is 3. The fraction of sp³-hybridized carbons (Fsp3) is 0. The van der Waals surface area contributed by atoms with Gasteiger partial charge in [-0.3, -0.25) is 0 Å². The van der Waals surface area contributed by atoms with Crippen LogP contribution in [-0.2, 0) is 4.79 Å². The molecule has 0 saturated heterocycles. The Morgan fingerprint density at radius 1 is 0.905 bits per heavy atom. The number of ether oxygens (including phenoxy) is 1. The van der Waals surface area contributed by atoms with Crippen LogP contribution in [0, 0.1) is 0 Å². The second-order valence-electron chi connectivity index (χ2n) is 4.09. The van der Waals surface area contributed by atoms with Crippen molar-refractivity contribution < 1.29 is 14.3 Å². The zero-order valence-electron chi connectivity index (χ0n) is 11.2. The van der Waals surface area contributed by atoms with Gasteiger partial charge in [-0.05, 0) is 36.4 Å². The SMILES string of the molecule is C=CC(=O)Oc1ccc(NC(=O)Nc2ccccc2)cc1. The van der Waals surface area contributed by atoms with Gasteiger partial charge in [0.05, 0.1) is 0 Å². The molecular formula is C16H14N2O3. The molecule has 2 rings (SSSR count). The van der Waals surface area contributed by atoms with Crippen LogP contribution < -0.4 is 15.4 Å². The van der Waals surface area contributed by atoms with Gasteiger partial charge in [-0.15, -0.1) is 0 Å². The highest BCUT2D eigenvalue weighted by molar-refractivity contribution is 5.99. The average Bonchev–Trinajstić information content (AvgIpc) is 2.50. The van der Waals surface area contributed by atoms with Gasteiger partial charge in [-0.1, -0.05) is 24.8 Å². The summed E-state index contributed by atoms with van der Waals surface area (Å²) in [6, 6.07) is 15.2. The number of para-hydroxylation sites is 1. The Hall–Kier alpha value is -3.08. The Morgan fingerprint density at radius 2 is 1.48 bits per heavy atom. The molecule has 0 spiro atoms. The number of carbonyl (C=O) groups excluding carboxylic acids is 2. The van der Waals surface area contributed by atoms with E-state index in [0.717, 1.165) is 6.08 Å². The number of amides is 2. The summed E-state index contributed by atoms with van der Waals surface area (Å²) in [4.78, 5) is 22.8. The minimum atomic E-state index is -0.530. The highest BCUT2D eigenvalue weighted by Crippen LogP contribution is 2.16. The first-order chi connectivity index (χ1) is 10.2. The van der Waals surface area contributed by atoms with Crippen molar-refractivity contribution >= 4 is 23.4 Å². The van der Waals surface area contributed by atoms with E-state index in [0.29, 0.717) is 17.1 Å². The fourth-order valence-electron chi connectivity index (χ4n) is 1.58. The normalized spacial score (nSPS) is 9.52. The van der Waals surface area contributed by atoms with Crippen LogP contribution in [-0.4, -0.2) is 12.0 Å². The van der Waals surface area contributed by atoms with Gasteiger partial charge in [0.2, 0.25) is 0 Å². The summed E-state index contributed by atoms with van der Waals surface area (Å²) in [6.45, 7) is 3.31. The third-order valence-electron chi connectivity index (χ3n) is 2.53. The van der Waals surface area contributed by atoms with Gasteiger partial charge >= 0.3 is 12.0 Å². The molecule has 0 aliphatic carbocycles. The van der Waals surface area contributed by atoms with Gasteiger partial charge < -0.3 is 15.4 Å². The van der Waals surface area contributed by atoms with E-state index in [2.05, 4.69) is 17.2 Å². The molecule has 0 bridgehead atoms. The molecule has 0 saturated carbocycles. The number of nitrogens with one attached hydrogen (secondary N) is 2. The summed E-state index contributed by atoms with van der Waals surface area (Å²) in [5.41, 5.74) is 1.29. The first-order valence-electron chi connectivity index (χ1n) is 6.25. The molecule has 2 N–H and O–H groups in total. The lowest BCUT2D eigenvalue weighted by Gasteiger charge is -2.08. The van der Waals surface area contributed by atoms with Crippen molar-refractivity contribution in [2.75, 3.05) is 10.6 Å². The maximum Gasteiger partial charge on any atom is 0.335 e. The van der Waals surface area contributed by atoms with Gasteiger partial charge in [0.1, 0.15) is 5.75 Å². The summed E-state index contributed by atoms with van der Waals surface area (Å²) in [6.07, 6.45) is 1.08. The molecule has 106 valence electrons. The predicted molar refractivity (Wildman–Crippen MR) is 81.4 cm³/mol. The van der Waals surface area contributed by atoms with E-state index >= 15 is 0 Å². The van der Waals surface area contributed by atoms with E-state index in [4.69, 9.17) is 4.74 Å². The molecule has 2 aromatic carbocycles. The zero-order chi connectivity index (χ0) is 15.1. The largest absolute Gasteiger partial charge is 0.423 e. The molecule has 5 nitrogen and oxygen atoms in total. The lowest BCUT2D eigenvalue weighted by molar-refractivity contribution is -0.128. The van der Waals surface area contributed by atoms with E-state index in [1.807, 2.05) is 18.2 Å². The second kappa shape index (κ2) is 6.91. The van der Waals surface area contributed by atoms with Crippen LogP contribution >= 0.6 is 0 Å². The molecule has 0 aliphatic rings. The Balaban J connectivity index is 1.92. The summed E-state index contributed by atoms with van der Waals surface area (Å²) in [5.74, 6) is -0.147. The third kappa shape index (κ3) is 4.50. The Kier molecular flexibility index (Phi) is 4.71. The summed E-state index contributed by atoms with van der Waals surface area (Å²) in [7, 11) is 0. The molecule has 2 amide bonds. The van der Waals surface area contributed by atoms with Gasteiger partial charge in [0, 0.05) is 17.5 Å². The highest BCUT2D eigenvalue weighted by Gasteiger charge is 2.03. The molecule has 0 heterocycles. The van der Waals surface area contributed by atoms with Crippen LogP contribution in [0.1, 0.15) is 0 Å². The number of hydrogen-bond donors (Lipinski definition) is 2. The Labute approximate surface area is 122 Å². The van der Waals surface area contributed by atoms with E-state index < -0.39 is 5.97 Å². The highest BCUT2D eigenvalue weighted by atomic mass is 16.5. The van der Waals surface area contributed by atoms with Crippen LogP contribution in [0.3, 0.4) is 0 Å². The van der Waals surface area contributed by atoms with Crippen molar-refractivity contribution in [1.29, 1.82) is 0 Å². The number of anilines is 2. The van der Waals surface area contributed by atoms with Crippen molar-refractivity contribution in [3.05, 3.63) is 67.3 Å². The molecule has 0 fully saturated rings. The molecule has 0 radical (unpaired) electrons. The summed E-state index contributed by atoms with van der Waals surface area (Å²) in [5, 5.41) is 5.37. The third-order valence-corrected chi connectivity index (χ3v) is 2.53. The lowest BCUT2D eigenvalue weighted by Crippen LogP contribution is -2.19. The molecule has 5 heteroatoms.